The van der Waals surface area contributed by atoms with Crippen molar-refractivity contribution in [1.29, 1.82) is 0 Å². The molecule has 0 spiro atoms. The SMILES string of the molecule is [CH+]=c1ccc2c(c1-c1cccc3ccccc13)CC=CC=2. The molecule has 0 aliphatic heterocycles. The third-order valence-corrected chi connectivity index (χ3v) is 4.17. The minimum atomic E-state index is 0.855. The molecule has 0 atom stereocenters. The van der Waals surface area contributed by atoms with Crippen LogP contribution >= 0.6 is 0 Å². The standard InChI is InChI=1S/C21H15/c1-15-13-14-17-8-3-5-11-19(17)21(15)20-12-6-9-16-7-2-4-10-18(16)20/h1-10,12-14H,11H2/q+1. The zero-order valence-electron chi connectivity index (χ0n) is 11.7. The van der Waals surface area contributed by atoms with E-state index in [0.717, 1.165) is 11.6 Å². The van der Waals surface area contributed by atoms with Crippen molar-refractivity contribution in [3.05, 3.63) is 82.8 Å². The molecule has 0 amide bonds. The van der Waals surface area contributed by atoms with E-state index >= 15 is 0 Å². The molecule has 0 saturated carbocycles. The molecule has 0 heteroatoms. The Bertz CT molecular complexity index is 969. The van der Waals surface area contributed by atoms with Gasteiger partial charge < -0.3 is 0 Å². The average Bonchev–Trinajstić information content (AvgIpc) is 2.54. The van der Waals surface area contributed by atoms with Crippen molar-refractivity contribution in [2.24, 2.45) is 0 Å². The average molecular weight is 267 g/mol. The van der Waals surface area contributed by atoms with Gasteiger partial charge in [0.25, 0.3) is 0 Å². The summed E-state index contributed by atoms with van der Waals surface area (Å²) < 4.78 is 0. The lowest BCUT2D eigenvalue weighted by Gasteiger charge is -2.09. The second-order valence-electron chi connectivity index (χ2n) is 5.42. The molecule has 1 aliphatic rings. The van der Waals surface area contributed by atoms with Gasteiger partial charge in [0.2, 0.25) is 0 Å². The Morgan fingerprint density at radius 2 is 1.71 bits per heavy atom. The predicted molar refractivity (Wildman–Crippen MR) is 90.4 cm³/mol. The first-order valence-electron chi connectivity index (χ1n) is 7.24. The van der Waals surface area contributed by atoms with Crippen molar-refractivity contribution in [3.63, 3.8) is 0 Å². The summed E-state index contributed by atoms with van der Waals surface area (Å²) >= 11 is 0. The summed E-state index contributed by atoms with van der Waals surface area (Å²) in [6.45, 7) is 6.33. The maximum absolute atomic E-state index is 6.33. The van der Waals surface area contributed by atoms with Crippen LogP contribution in [0.15, 0.2) is 66.7 Å². The normalized spacial score (nSPS) is 12.9. The van der Waals surface area contributed by atoms with E-state index < -0.39 is 0 Å². The van der Waals surface area contributed by atoms with Crippen molar-refractivity contribution >= 4 is 23.4 Å². The van der Waals surface area contributed by atoms with Crippen LogP contribution in [0.3, 0.4) is 0 Å². The van der Waals surface area contributed by atoms with Crippen LogP contribution in [0.2, 0.25) is 0 Å². The fraction of sp³-hybridized carbons (Fsp3) is 0.0476. The van der Waals surface area contributed by atoms with Gasteiger partial charge in [-0.3, -0.25) is 0 Å². The Balaban J connectivity index is 2.14. The number of rotatable bonds is 1. The first-order valence-corrected chi connectivity index (χ1v) is 7.24. The van der Waals surface area contributed by atoms with Gasteiger partial charge in [-0.2, -0.15) is 0 Å². The number of hydrogen-bond donors (Lipinski definition) is 0. The van der Waals surface area contributed by atoms with Gasteiger partial charge in [0.05, 0.1) is 6.07 Å². The highest BCUT2D eigenvalue weighted by Gasteiger charge is 2.17. The molecule has 4 rings (SSSR count). The molecule has 0 N–H and O–H groups in total. The van der Waals surface area contributed by atoms with Gasteiger partial charge >= 0.3 is 0 Å². The molecule has 0 nitrogen and oxygen atoms in total. The molecule has 0 unspecified atom stereocenters. The molecule has 3 aromatic rings. The van der Waals surface area contributed by atoms with E-state index in [2.05, 4.69) is 66.8 Å². The Hall–Kier alpha value is -2.69. The Morgan fingerprint density at radius 3 is 2.67 bits per heavy atom. The first-order chi connectivity index (χ1) is 10.3. The summed E-state index contributed by atoms with van der Waals surface area (Å²) in [5.74, 6) is 0. The lowest BCUT2D eigenvalue weighted by molar-refractivity contribution is 1.22. The molecule has 98 valence electrons. The van der Waals surface area contributed by atoms with Crippen LogP contribution in [-0.2, 0) is 6.42 Å². The summed E-state index contributed by atoms with van der Waals surface area (Å²) in [7, 11) is 0. The summed E-state index contributed by atoms with van der Waals surface area (Å²) in [6.07, 6.45) is 7.41. The third-order valence-electron chi connectivity index (χ3n) is 4.17. The maximum Gasteiger partial charge on any atom is 0.188 e. The highest BCUT2D eigenvalue weighted by molar-refractivity contribution is 5.97. The summed E-state index contributed by atoms with van der Waals surface area (Å²) in [5, 5.41) is 4.64. The molecule has 0 bridgehead atoms. The summed E-state index contributed by atoms with van der Waals surface area (Å²) in [5.41, 5.74) is 3.74. The molecule has 21 heavy (non-hydrogen) atoms. The highest BCUT2D eigenvalue weighted by atomic mass is 14.1. The minimum absolute atomic E-state index is 0.855. The smallest absolute Gasteiger partial charge is 0.0789 e. The van der Waals surface area contributed by atoms with Gasteiger partial charge in [-0.15, -0.1) is 0 Å². The Kier molecular flexibility index (Phi) is 2.70. The summed E-state index contributed by atoms with van der Waals surface area (Å²) in [6, 6.07) is 19.1. The molecule has 0 fully saturated rings. The lowest BCUT2D eigenvalue weighted by atomic mass is 9.89. The Labute approximate surface area is 124 Å². The second kappa shape index (κ2) is 4.70. The number of benzene rings is 3. The van der Waals surface area contributed by atoms with Crippen molar-refractivity contribution in [3.8, 4) is 11.1 Å². The van der Waals surface area contributed by atoms with Gasteiger partial charge in [0.15, 0.2) is 5.22 Å². The van der Waals surface area contributed by atoms with Crippen LogP contribution in [0.25, 0.3) is 34.6 Å². The molecule has 3 aromatic carbocycles. The van der Waals surface area contributed by atoms with E-state index in [1.165, 1.54) is 32.7 Å². The van der Waals surface area contributed by atoms with Gasteiger partial charge in [-0.1, -0.05) is 54.6 Å². The third kappa shape index (κ3) is 1.89. The number of allylic oxidation sites excluding steroid dienone is 2. The monoisotopic (exact) mass is 267 g/mol. The summed E-state index contributed by atoms with van der Waals surface area (Å²) in [4.78, 5) is 0. The number of hydrogen-bond acceptors (Lipinski definition) is 0. The van der Waals surface area contributed by atoms with E-state index in [1.807, 2.05) is 6.07 Å². The van der Waals surface area contributed by atoms with Crippen LogP contribution < -0.4 is 10.4 Å². The first kappa shape index (κ1) is 12.1. The second-order valence-corrected chi connectivity index (χ2v) is 5.42. The molecule has 1 aliphatic carbocycles. The fourth-order valence-electron chi connectivity index (χ4n) is 3.18. The quantitative estimate of drug-likeness (QED) is 0.590. The predicted octanol–water partition coefficient (Wildman–Crippen LogP) is 3.69. The van der Waals surface area contributed by atoms with Crippen LogP contribution in [-0.4, -0.2) is 0 Å². The zero-order chi connectivity index (χ0) is 14.2. The van der Waals surface area contributed by atoms with Gasteiger partial charge in [-0.05, 0) is 11.5 Å². The Morgan fingerprint density at radius 1 is 0.857 bits per heavy atom. The van der Waals surface area contributed by atoms with Gasteiger partial charge in [0.1, 0.15) is 5.56 Å². The van der Waals surface area contributed by atoms with E-state index in [-0.39, 0.29) is 0 Å². The van der Waals surface area contributed by atoms with Crippen LogP contribution in [0.1, 0.15) is 5.56 Å². The van der Waals surface area contributed by atoms with E-state index in [1.54, 1.807) is 0 Å². The van der Waals surface area contributed by atoms with Crippen molar-refractivity contribution < 1.29 is 0 Å². The van der Waals surface area contributed by atoms with E-state index in [0.29, 0.717) is 0 Å². The van der Waals surface area contributed by atoms with E-state index in [9.17, 15) is 0 Å². The molecule has 0 radical (unpaired) electrons. The molecular formula is C21H15+. The topological polar surface area (TPSA) is 0 Å². The van der Waals surface area contributed by atoms with Crippen LogP contribution in [0.5, 0.6) is 0 Å². The van der Waals surface area contributed by atoms with Crippen LogP contribution in [0.4, 0.5) is 0 Å². The number of fused-ring (bicyclic) bond motifs is 2. The highest BCUT2D eigenvalue weighted by Crippen LogP contribution is 2.28. The fourth-order valence-corrected chi connectivity index (χ4v) is 3.18. The van der Waals surface area contributed by atoms with Crippen molar-refractivity contribution in [1.82, 2.24) is 0 Å². The maximum atomic E-state index is 6.33. The van der Waals surface area contributed by atoms with Gasteiger partial charge in [-0.25, -0.2) is 0 Å². The lowest BCUT2D eigenvalue weighted by Crippen LogP contribution is -2.19. The largest absolute Gasteiger partial charge is 0.188 e. The van der Waals surface area contributed by atoms with Gasteiger partial charge in [0, 0.05) is 40.8 Å². The molecule has 0 saturated heterocycles. The van der Waals surface area contributed by atoms with Crippen molar-refractivity contribution in [2.45, 2.75) is 6.42 Å². The van der Waals surface area contributed by atoms with Crippen molar-refractivity contribution in [2.75, 3.05) is 0 Å². The van der Waals surface area contributed by atoms with Crippen LogP contribution in [0, 0.1) is 0 Å². The van der Waals surface area contributed by atoms with E-state index in [4.69, 9.17) is 6.58 Å². The molecular weight excluding hydrogens is 252 g/mol. The molecule has 0 heterocycles. The molecule has 0 aromatic heterocycles. The minimum Gasteiger partial charge on any atom is -0.0789 e. The zero-order valence-corrected chi connectivity index (χ0v) is 11.7.